The molecule has 700 valence electrons. The molecule has 2 aromatic carbocycles. The van der Waals surface area contributed by atoms with Gasteiger partial charge in [0.2, 0.25) is 17.6 Å². The van der Waals surface area contributed by atoms with Crippen LogP contribution in [0.3, 0.4) is 0 Å². The number of piperazine rings is 1. The van der Waals surface area contributed by atoms with Gasteiger partial charge in [-0.25, -0.2) is 38.8 Å². The number of aliphatic hydroxyl groups is 3. The van der Waals surface area contributed by atoms with Crippen LogP contribution in [0.2, 0.25) is 0 Å². The zero-order valence-electron chi connectivity index (χ0n) is 75.6. The summed E-state index contributed by atoms with van der Waals surface area (Å²) in [7, 11) is 3.21. The molecule has 1 saturated carbocycles. The summed E-state index contributed by atoms with van der Waals surface area (Å²) in [6.07, 6.45) is 19.4. The van der Waals surface area contributed by atoms with Gasteiger partial charge in [0.05, 0.1) is 93.5 Å². The Labute approximate surface area is 756 Å². The first-order chi connectivity index (χ1) is 62.7. The molecule has 8 aromatic rings. The number of oxazole rings is 1. The summed E-state index contributed by atoms with van der Waals surface area (Å²) in [6.45, 7) is 17.8. The first-order valence-corrected chi connectivity index (χ1v) is 45.5. The van der Waals surface area contributed by atoms with E-state index in [0.717, 1.165) is 83.1 Å². The predicted molar refractivity (Wildman–Crippen MR) is 483 cm³/mol. The Bertz CT molecular complexity index is 5270. The van der Waals surface area contributed by atoms with Gasteiger partial charge in [0, 0.05) is 145 Å². The smallest absolute Gasteiger partial charge is 0.329 e. The number of allylic oxidation sites excluding steroid dienone is 6. The number of carbonyl (C=O) groups excluding carboxylic acids is 6. The molecule has 3 saturated heterocycles. The standard InChI is InChI=1S/C93H126N20O17/c1-57-17-10-9-11-18-58(2)77(123-7)49-69-25-22-62(6)93(122,130-69)86(119)89(120)111-30-14-12-21-73(111)90(121)128-78(50-75(114)59(3)44-61(5)84(117)85(118)83(116)60(4)43-57)70(94)45-63-23-26-72(79(46-63)124-8)113-74(53-102-106-113)65-20-16-19-64(47-65)67-51-98-92(99-52-67)109-34-32-108(33-35-109)54-68-55-110(107-104-68)36-38-126-40-42-127-41-39-125-37-28-80(115)97-29-13-15-31-112-88-81(87(95)100-56-101-88)82(105-112)66-24-27-76-71(48-66)103-91(96)129-76/h9-11,16-20,24,27,44,47-48,51-53,55-57,59-60,62-63,69-70,72-73,77-79,84-85,117-118,122H,12-15,21-23,25-26,28-43,45-46,49-50,54,94H2,1-8H3,(H2,96,103)(H,97,115)(H2,95,100,101)/b11-9?,17-10+,58-18?,61-44+/t57-,59-,60-,62-,63+,69+,70-,72+,73+,77+,78+,79-,84-,85+,93-/m1/s1. The fourth-order valence-corrected chi connectivity index (χ4v) is 18.0. The summed E-state index contributed by atoms with van der Waals surface area (Å²) in [5.74, 6) is -8.25. The second-order valence-corrected chi connectivity index (χ2v) is 35.1. The molecule has 4 fully saturated rings. The van der Waals surface area contributed by atoms with Crippen molar-refractivity contribution in [2.75, 3.05) is 109 Å². The molecule has 37 heteroatoms. The Kier molecular flexibility index (Phi) is 34.1. The number of unbranched alkanes of at least 4 members (excludes halogenated alkanes) is 1. The number of esters is 1. The van der Waals surface area contributed by atoms with Crippen molar-refractivity contribution < 1.29 is 81.7 Å². The molecule has 0 unspecified atom stereocenters. The second-order valence-electron chi connectivity index (χ2n) is 35.1. The molecule has 37 nitrogen and oxygen atoms in total. The third-order valence-electron chi connectivity index (χ3n) is 25.7. The molecule has 4 aliphatic heterocycles. The van der Waals surface area contributed by atoms with E-state index in [4.69, 9.17) is 69.8 Å². The number of piperidine rings is 1. The summed E-state index contributed by atoms with van der Waals surface area (Å²) < 4.78 is 52.8. The SMILES string of the molecule is CO[C@H]1C[C@@H]2CC[C@@H](C)[C@@](O)(O2)C(=O)C(=O)N2CCCC[C@H]2C(=O)O[C@H]([C@H](N)C[C@@H]2CC[C@H](n3nncc3-c3cccc(-c4cnc(N5CCN(Cc6cn(CCOCCOCCOCCC(=O)NCCCCn7nc(-c8ccc9oc(N)nc9c8)c8c(N)ncnc87)nn6)CC5)nc4)c3)[C@H](OC)C2)CC(=O)[C@H](C)/C=C(\C)[C@@H](O)[C@@H](O)C(=O)[C@H](C)C[C@H](C)/C=C/C=CC=C1C. The minimum absolute atomic E-state index is 0.0107. The van der Waals surface area contributed by atoms with Gasteiger partial charge < -0.3 is 85.2 Å². The van der Waals surface area contributed by atoms with E-state index >= 15 is 0 Å². The molecular weight excluding hydrogens is 1670 g/mol. The Morgan fingerprint density at radius 1 is 0.754 bits per heavy atom. The van der Waals surface area contributed by atoms with Crippen LogP contribution in [0.1, 0.15) is 150 Å². The van der Waals surface area contributed by atoms with E-state index in [-0.39, 0.29) is 86.7 Å². The van der Waals surface area contributed by atoms with Crippen molar-refractivity contribution in [1.29, 1.82) is 0 Å². The number of hydrogen-bond donors (Lipinski definition) is 7. The number of cyclic esters (lactones) is 1. The maximum Gasteiger partial charge on any atom is 0.329 e. The highest BCUT2D eigenvalue weighted by atomic mass is 16.6. The number of rotatable bonds is 29. The number of hydrogen-bond acceptors (Lipinski definition) is 32. The van der Waals surface area contributed by atoms with E-state index in [1.165, 1.54) is 19.3 Å². The molecule has 0 radical (unpaired) electrons. The number of nitrogens with zero attached hydrogens (tertiary/aromatic N) is 16. The number of anilines is 3. The lowest BCUT2D eigenvalue weighted by atomic mass is 9.79. The fourth-order valence-electron chi connectivity index (χ4n) is 18.0. The maximum absolute atomic E-state index is 14.9. The van der Waals surface area contributed by atoms with Crippen molar-refractivity contribution >= 4 is 75.0 Å². The summed E-state index contributed by atoms with van der Waals surface area (Å²) in [5.41, 5.74) is 27.7. The molecular formula is C93H126N20O17. The van der Waals surface area contributed by atoms with Crippen LogP contribution in [0.5, 0.6) is 0 Å². The van der Waals surface area contributed by atoms with E-state index in [1.54, 1.807) is 56.6 Å². The summed E-state index contributed by atoms with van der Waals surface area (Å²) in [5, 5.41) is 61.2. The number of aliphatic hydroxyl groups excluding tert-OH is 2. The molecule has 15 atom stereocenters. The Morgan fingerprint density at radius 2 is 1.52 bits per heavy atom. The summed E-state index contributed by atoms with van der Waals surface area (Å²) in [6, 6.07) is 11.2. The predicted octanol–water partition coefficient (Wildman–Crippen LogP) is 7.88. The number of fused-ring (bicyclic) bond motifs is 5. The lowest BCUT2D eigenvalue weighted by molar-refractivity contribution is -0.265. The second kappa shape index (κ2) is 45.8. The van der Waals surface area contributed by atoms with Crippen molar-refractivity contribution in [3.05, 3.63) is 127 Å². The first-order valence-electron chi connectivity index (χ1n) is 45.5. The van der Waals surface area contributed by atoms with Crippen LogP contribution in [-0.2, 0) is 81.6 Å². The lowest BCUT2D eigenvalue weighted by Gasteiger charge is -2.42. The van der Waals surface area contributed by atoms with Crippen LogP contribution in [-0.4, -0.2) is 273 Å². The molecule has 2 bridgehead atoms. The van der Waals surface area contributed by atoms with Gasteiger partial charge >= 0.3 is 5.97 Å². The molecule has 2 amide bonds. The van der Waals surface area contributed by atoms with Crippen molar-refractivity contribution in [2.45, 2.75) is 218 Å². The number of aryl methyl sites for hydroxylation is 1. The van der Waals surface area contributed by atoms with E-state index in [9.17, 15) is 44.1 Å². The van der Waals surface area contributed by atoms with Crippen LogP contribution >= 0.6 is 0 Å². The molecule has 10 N–H and O–H groups in total. The minimum atomic E-state index is -2.51. The topological polar surface area (TPSA) is 484 Å². The quantitative estimate of drug-likeness (QED) is 0.0101. The monoisotopic (exact) mass is 1790 g/mol. The highest BCUT2D eigenvalue weighted by molar-refractivity contribution is 6.39. The zero-order chi connectivity index (χ0) is 92.1. The van der Waals surface area contributed by atoms with Gasteiger partial charge in [0.25, 0.3) is 17.7 Å². The van der Waals surface area contributed by atoms with Gasteiger partial charge in [-0.05, 0) is 144 Å². The van der Waals surface area contributed by atoms with Gasteiger partial charge in [-0.3, -0.25) is 28.9 Å². The van der Waals surface area contributed by atoms with E-state index in [0.29, 0.717) is 150 Å². The van der Waals surface area contributed by atoms with Crippen LogP contribution < -0.4 is 27.4 Å². The van der Waals surface area contributed by atoms with Crippen LogP contribution in [0.15, 0.2) is 126 Å². The largest absolute Gasteiger partial charge is 0.459 e. The number of carbonyl (C=O) groups is 6. The van der Waals surface area contributed by atoms with E-state index in [2.05, 4.69) is 56.8 Å². The number of nitrogen functional groups attached to an aromatic ring is 2. The average Bonchev–Trinajstić information content (AvgIpc) is 0.797. The van der Waals surface area contributed by atoms with Crippen molar-refractivity contribution in [3.8, 4) is 33.6 Å². The van der Waals surface area contributed by atoms with Crippen LogP contribution in [0.4, 0.5) is 17.8 Å². The number of amides is 2. The normalized spacial score (nSPS) is 26.4. The highest BCUT2D eigenvalue weighted by Gasteiger charge is 2.53. The summed E-state index contributed by atoms with van der Waals surface area (Å²) in [4.78, 5) is 113. The van der Waals surface area contributed by atoms with Gasteiger partial charge in [-0.2, -0.15) is 10.1 Å². The number of ketones is 3. The molecule has 5 aliphatic rings. The molecule has 6 aromatic heterocycles. The highest BCUT2D eigenvalue weighted by Crippen LogP contribution is 2.42. The summed E-state index contributed by atoms with van der Waals surface area (Å²) >= 11 is 0. The fraction of sp³-hybridized carbons (Fsp3) is 0.570. The lowest BCUT2D eigenvalue weighted by Crippen LogP contribution is -2.61. The number of ether oxygens (including phenoxy) is 7. The zero-order valence-corrected chi connectivity index (χ0v) is 75.6. The Morgan fingerprint density at radius 3 is 2.30 bits per heavy atom. The molecule has 130 heavy (non-hydrogen) atoms. The molecule has 0 spiro atoms. The molecule has 1 aliphatic carbocycles. The number of aromatic nitrogens is 13. The van der Waals surface area contributed by atoms with E-state index < -0.39 is 95.4 Å². The Balaban J connectivity index is 0.544. The first kappa shape index (κ1) is 96.7. The van der Waals surface area contributed by atoms with Crippen molar-refractivity contribution in [2.24, 2.45) is 35.3 Å². The number of methoxy groups -OCH3 is 2. The van der Waals surface area contributed by atoms with Gasteiger partial charge in [-0.1, -0.05) is 92.8 Å². The maximum atomic E-state index is 14.9. The van der Waals surface area contributed by atoms with E-state index in [1.807, 2.05) is 97.8 Å². The average molecular weight is 1800 g/mol. The van der Waals surface area contributed by atoms with Gasteiger partial charge in [0.15, 0.2) is 17.0 Å². The van der Waals surface area contributed by atoms with Gasteiger partial charge in [0.1, 0.15) is 53.5 Å². The van der Waals surface area contributed by atoms with Gasteiger partial charge in [-0.15, -0.1) is 10.2 Å². The molecule has 13 rings (SSSR count). The number of nitrogens with one attached hydrogen (secondary N) is 1. The number of nitrogens with two attached hydrogens (primary N) is 3. The van der Waals surface area contributed by atoms with Crippen LogP contribution in [0, 0.1) is 29.6 Å². The van der Waals surface area contributed by atoms with Crippen molar-refractivity contribution in [1.82, 2.24) is 79.8 Å². The molecule has 10 heterocycles. The van der Waals surface area contributed by atoms with Crippen molar-refractivity contribution in [3.63, 3.8) is 0 Å². The third-order valence-corrected chi connectivity index (χ3v) is 25.7. The third kappa shape index (κ3) is 24.7. The minimum Gasteiger partial charge on any atom is -0.459 e. The number of Topliss-reactive ketones (excluding diaryl/α,β-unsaturated/α-hetero) is 3. The van der Waals surface area contributed by atoms with Crippen LogP contribution in [0.25, 0.3) is 55.8 Å². The number of benzene rings is 2. The Hall–Kier alpha value is -10.8.